The molecule has 0 spiro atoms. The van der Waals surface area contributed by atoms with Gasteiger partial charge >= 0.3 is 0 Å². The molecule has 4 nitrogen and oxygen atoms in total. The van der Waals surface area contributed by atoms with Gasteiger partial charge in [0.25, 0.3) is 0 Å². The predicted octanol–water partition coefficient (Wildman–Crippen LogP) is 4.29. The first-order chi connectivity index (χ1) is 11.3. The third-order valence-electron chi connectivity index (χ3n) is 4.04. The molecule has 0 radical (unpaired) electrons. The van der Waals surface area contributed by atoms with Crippen LogP contribution in [0.4, 0.5) is 0 Å². The van der Waals surface area contributed by atoms with Crippen molar-refractivity contribution < 1.29 is 9.47 Å². The van der Waals surface area contributed by atoms with Crippen LogP contribution in [-0.2, 0) is 4.74 Å². The van der Waals surface area contributed by atoms with Crippen molar-refractivity contribution in [1.29, 1.82) is 0 Å². The van der Waals surface area contributed by atoms with E-state index < -0.39 is 0 Å². The van der Waals surface area contributed by atoms with Crippen molar-refractivity contribution in [3.63, 3.8) is 0 Å². The molecule has 2 aliphatic rings. The highest BCUT2D eigenvalue weighted by Gasteiger charge is 2.31. The molecule has 1 aromatic heterocycles. The van der Waals surface area contributed by atoms with Gasteiger partial charge in [-0.3, -0.25) is 9.98 Å². The van der Waals surface area contributed by atoms with Gasteiger partial charge in [-0.1, -0.05) is 15.9 Å². The lowest BCUT2D eigenvalue weighted by Gasteiger charge is -2.23. The molecule has 1 aromatic carbocycles. The minimum absolute atomic E-state index is 0.0842. The zero-order valence-corrected chi connectivity index (χ0v) is 14.2. The van der Waals surface area contributed by atoms with E-state index in [0.29, 0.717) is 0 Å². The summed E-state index contributed by atoms with van der Waals surface area (Å²) in [5.74, 6) is 0.846. The van der Waals surface area contributed by atoms with Gasteiger partial charge in [-0.2, -0.15) is 0 Å². The van der Waals surface area contributed by atoms with E-state index in [4.69, 9.17) is 9.47 Å². The summed E-state index contributed by atoms with van der Waals surface area (Å²) >= 11 is 3.47. The van der Waals surface area contributed by atoms with Gasteiger partial charge in [0, 0.05) is 17.1 Å². The molecule has 0 bridgehead atoms. The lowest BCUT2D eigenvalue weighted by atomic mass is 10.1. The SMILES string of the molecule is Brc1ccnc(C2N=C2c2ccc(OC3CCCCO3)cc2)c1. The molecule has 23 heavy (non-hydrogen) atoms. The van der Waals surface area contributed by atoms with E-state index in [9.17, 15) is 0 Å². The van der Waals surface area contributed by atoms with Crippen LogP contribution in [0.3, 0.4) is 0 Å². The van der Waals surface area contributed by atoms with Crippen LogP contribution in [-0.4, -0.2) is 23.6 Å². The van der Waals surface area contributed by atoms with Crippen molar-refractivity contribution in [2.45, 2.75) is 31.6 Å². The summed E-state index contributed by atoms with van der Waals surface area (Å²) in [4.78, 5) is 8.94. The Morgan fingerprint density at radius 2 is 2.00 bits per heavy atom. The third kappa shape index (κ3) is 3.46. The van der Waals surface area contributed by atoms with Crippen LogP contribution in [0.5, 0.6) is 5.75 Å². The second-order valence-electron chi connectivity index (χ2n) is 5.75. The molecule has 118 valence electrons. The van der Waals surface area contributed by atoms with Gasteiger partial charge in [0.2, 0.25) is 0 Å². The van der Waals surface area contributed by atoms with Gasteiger partial charge in [0.05, 0.1) is 18.0 Å². The van der Waals surface area contributed by atoms with E-state index in [2.05, 4.69) is 38.0 Å². The summed E-state index contributed by atoms with van der Waals surface area (Å²) in [7, 11) is 0. The normalized spacial score (nSPS) is 23.3. The van der Waals surface area contributed by atoms with E-state index in [-0.39, 0.29) is 12.3 Å². The Morgan fingerprint density at radius 1 is 1.13 bits per heavy atom. The third-order valence-corrected chi connectivity index (χ3v) is 4.53. The molecule has 5 heteroatoms. The van der Waals surface area contributed by atoms with Crippen LogP contribution in [0.1, 0.15) is 36.6 Å². The van der Waals surface area contributed by atoms with Crippen LogP contribution in [0, 0.1) is 0 Å². The fraction of sp³-hybridized carbons (Fsp3) is 0.333. The molecule has 2 unspecified atom stereocenters. The lowest BCUT2D eigenvalue weighted by Crippen LogP contribution is -2.24. The number of nitrogens with zero attached hydrogens (tertiary/aromatic N) is 2. The van der Waals surface area contributed by atoms with Crippen molar-refractivity contribution in [2.75, 3.05) is 6.61 Å². The van der Waals surface area contributed by atoms with Gasteiger partial charge in [-0.25, -0.2) is 0 Å². The van der Waals surface area contributed by atoms with Crippen LogP contribution >= 0.6 is 15.9 Å². The summed E-state index contributed by atoms with van der Waals surface area (Å²) < 4.78 is 12.5. The maximum absolute atomic E-state index is 5.86. The Bertz CT molecular complexity index is 724. The molecule has 2 aromatic rings. The van der Waals surface area contributed by atoms with Crippen LogP contribution in [0.25, 0.3) is 0 Å². The average Bonchev–Trinajstić information content (AvgIpc) is 3.37. The zero-order valence-electron chi connectivity index (χ0n) is 12.6. The smallest absolute Gasteiger partial charge is 0.199 e. The predicted molar refractivity (Wildman–Crippen MR) is 91.9 cm³/mol. The number of ether oxygens (including phenoxy) is 2. The average molecular weight is 373 g/mol. The fourth-order valence-corrected chi connectivity index (χ4v) is 3.12. The molecule has 0 saturated carbocycles. The maximum Gasteiger partial charge on any atom is 0.199 e. The monoisotopic (exact) mass is 372 g/mol. The van der Waals surface area contributed by atoms with Crippen LogP contribution in [0.2, 0.25) is 0 Å². The first-order valence-electron chi connectivity index (χ1n) is 7.87. The summed E-state index contributed by atoms with van der Waals surface area (Å²) in [5.41, 5.74) is 3.18. The molecule has 2 aliphatic heterocycles. The first-order valence-corrected chi connectivity index (χ1v) is 8.67. The standard InChI is InChI=1S/C18H17BrN2O2/c19-13-8-9-20-15(11-13)18-17(21-18)12-4-6-14(7-5-12)23-16-3-1-2-10-22-16/h4-9,11,16,18H,1-3,10H2. The van der Waals surface area contributed by atoms with Crippen molar-refractivity contribution >= 4 is 21.6 Å². The number of aliphatic imine (C=N–C) groups is 1. The molecule has 1 saturated heterocycles. The molecule has 0 aliphatic carbocycles. The number of hydrogen-bond acceptors (Lipinski definition) is 4. The van der Waals surface area contributed by atoms with E-state index in [1.165, 1.54) is 6.42 Å². The molecule has 3 heterocycles. The number of halogens is 1. The molecule has 2 atom stereocenters. The van der Waals surface area contributed by atoms with Gasteiger partial charge in [-0.15, -0.1) is 0 Å². The van der Waals surface area contributed by atoms with E-state index in [1.54, 1.807) is 6.20 Å². The topological polar surface area (TPSA) is 43.7 Å². The van der Waals surface area contributed by atoms with Crippen molar-refractivity contribution in [2.24, 2.45) is 4.99 Å². The summed E-state index contributed by atoms with van der Waals surface area (Å²) in [6.45, 7) is 0.793. The minimum atomic E-state index is -0.105. The van der Waals surface area contributed by atoms with Crippen molar-refractivity contribution in [1.82, 2.24) is 4.98 Å². The Morgan fingerprint density at radius 3 is 2.74 bits per heavy atom. The number of pyridine rings is 1. The number of hydrogen-bond donors (Lipinski definition) is 0. The molecule has 1 fully saturated rings. The van der Waals surface area contributed by atoms with E-state index in [1.807, 2.05) is 24.3 Å². The Kier molecular flexibility index (Phi) is 4.14. The van der Waals surface area contributed by atoms with E-state index in [0.717, 1.165) is 46.6 Å². The van der Waals surface area contributed by atoms with Crippen molar-refractivity contribution in [3.8, 4) is 5.75 Å². The van der Waals surface area contributed by atoms with E-state index >= 15 is 0 Å². The second-order valence-corrected chi connectivity index (χ2v) is 6.67. The fourth-order valence-electron chi connectivity index (χ4n) is 2.77. The quantitative estimate of drug-likeness (QED) is 0.803. The minimum Gasteiger partial charge on any atom is -0.465 e. The largest absolute Gasteiger partial charge is 0.465 e. The first kappa shape index (κ1) is 14.8. The summed E-state index contributed by atoms with van der Waals surface area (Å²) in [6.07, 6.45) is 4.95. The molecular weight excluding hydrogens is 356 g/mol. The molecule has 0 amide bonds. The van der Waals surface area contributed by atoms with Gasteiger partial charge in [-0.05, 0) is 54.8 Å². The Hall–Kier alpha value is -1.72. The Labute approximate surface area is 143 Å². The summed E-state index contributed by atoms with van der Waals surface area (Å²) in [5, 5.41) is 0. The lowest BCUT2D eigenvalue weighted by molar-refractivity contribution is -0.105. The Balaban J connectivity index is 1.40. The number of rotatable bonds is 4. The highest BCUT2D eigenvalue weighted by atomic mass is 79.9. The second kappa shape index (κ2) is 6.42. The van der Waals surface area contributed by atoms with Gasteiger partial charge in [0.15, 0.2) is 6.29 Å². The molecule has 0 N–H and O–H groups in total. The van der Waals surface area contributed by atoms with Crippen LogP contribution < -0.4 is 4.74 Å². The number of aromatic nitrogens is 1. The van der Waals surface area contributed by atoms with Gasteiger partial charge < -0.3 is 9.47 Å². The molecular formula is C18H17BrN2O2. The highest BCUT2D eigenvalue weighted by molar-refractivity contribution is 9.10. The van der Waals surface area contributed by atoms with Crippen LogP contribution in [0.15, 0.2) is 52.1 Å². The van der Waals surface area contributed by atoms with Gasteiger partial charge in [0.1, 0.15) is 11.8 Å². The molecule has 4 rings (SSSR count). The zero-order chi connectivity index (χ0) is 15.6. The maximum atomic E-state index is 5.86. The number of benzene rings is 1. The highest BCUT2D eigenvalue weighted by Crippen LogP contribution is 2.35. The summed E-state index contributed by atoms with van der Waals surface area (Å²) in [6, 6.07) is 12.1. The van der Waals surface area contributed by atoms with Crippen molar-refractivity contribution in [3.05, 3.63) is 58.3 Å².